The van der Waals surface area contributed by atoms with Gasteiger partial charge in [0, 0.05) is 44.2 Å². The Morgan fingerprint density at radius 3 is 1.35 bits per heavy atom. The van der Waals surface area contributed by atoms with Gasteiger partial charge in [-0.15, -0.1) is 0 Å². The molecule has 10 aromatic rings. The van der Waals surface area contributed by atoms with E-state index in [1.165, 1.54) is 89.0 Å². The Balaban J connectivity index is 1.04. The van der Waals surface area contributed by atoms with Crippen LogP contribution in [-0.2, 0) is 16.2 Å². The number of rotatable bonds is 3. The number of hydrogen-bond donors (Lipinski definition) is 0. The van der Waals surface area contributed by atoms with Crippen molar-refractivity contribution in [2.45, 2.75) is 43.9 Å². The Bertz CT molecular complexity index is 3550. The second kappa shape index (κ2) is 11.9. The molecule has 4 aliphatic carbocycles. The Kier molecular flexibility index (Phi) is 6.67. The number of para-hydroxylation sites is 1. The van der Waals surface area contributed by atoms with Crippen LogP contribution in [0.5, 0.6) is 0 Å². The van der Waals surface area contributed by atoms with Crippen LogP contribution in [0.4, 0.5) is 17.1 Å². The lowest BCUT2D eigenvalue weighted by molar-refractivity contribution is 0.660. The number of fused-ring (bicyclic) bond motifs is 20. The van der Waals surface area contributed by atoms with Crippen LogP contribution in [0, 0.1) is 0 Å². The van der Waals surface area contributed by atoms with Crippen molar-refractivity contribution in [1.29, 1.82) is 0 Å². The van der Waals surface area contributed by atoms with Crippen LogP contribution in [0.2, 0.25) is 0 Å². The largest absolute Gasteiger partial charge is 0.455 e. The SMILES string of the molecule is CC1(C)c2ccccc2-c2ccc(N(c3ccc4c(c3)C(C)(C)c3ccccc3-4)c3ccc4c(c3)C3(c5ccccc5-4)c4ccccc4-c4c3ccc3c4oc4ccccc43)cc21. The normalized spacial score (nSPS) is 17.2. The van der Waals surface area contributed by atoms with Crippen LogP contribution in [0.1, 0.15) is 72.2 Å². The van der Waals surface area contributed by atoms with E-state index in [1.54, 1.807) is 0 Å². The van der Waals surface area contributed by atoms with Gasteiger partial charge in [0.2, 0.25) is 0 Å². The third-order valence-corrected chi connectivity index (χ3v) is 15.5. The maximum atomic E-state index is 6.85. The number of hydrogen-bond acceptors (Lipinski definition) is 2. The topological polar surface area (TPSA) is 16.4 Å². The molecule has 1 heterocycles. The summed E-state index contributed by atoms with van der Waals surface area (Å²) < 4.78 is 6.85. The Hall–Kier alpha value is -7.42. The molecule has 1 unspecified atom stereocenters. The number of furan rings is 1. The Morgan fingerprint density at radius 2 is 0.762 bits per heavy atom. The zero-order chi connectivity index (χ0) is 42.0. The molecule has 0 saturated carbocycles. The molecule has 1 atom stereocenters. The molecule has 14 rings (SSSR count). The van der Waals surface area contributed by atoms with E-state index in [-0.39, 0.29) is 10.8 Å². The third-order valence-electron chi connectivity index (χ3n) is 15.5. The van der Waals surface area contributed by atoms with Crippen molar-refractivity contribution in [2.24, 2.45) is 0 Å². The summed E-state index contributed by atoms with van der Waals surface area (Å²) in [7, 11) is 0. The summed E-state index contributed by atoms with van der Waals surface area (Å²) in [5.41, 5.74) is 25.5. The van der Waals surface area contributed by atoms with Crippen molar-refractivity contribution < 1.29 is 4.42 Å². The highest BCUT2D eigenvalue weighted by Crippen LogP contribution is 2.65. The molecule has 0 aliphatic heterocycles. The lowest BCUT2D eigenvalue weighted by atomic mass is 9.70. The summed E-state index contributed by atoms with van der Waals surface area (Å²) in [5, 5.41) is 2.31. The van der Waals surface area contributed by atoms with Gasteiger partial charge in [-0.25, -0.2) is 0 Å². The highest BCUT2D eigenvalue weighted by atomic mass is 16.3. The molecule has 1 spiro atoms. The molecule has 298 valence electrons. The van der Waals surface area contributed by atoms with Crippen molar-refractivity contribution >= 4 is 39.0 Å². The van der Waals surface area contributed by atoms with Crippen LogP contribution < -0.4 is 4.90 Å². The maximum absolute atomic E-state index is 6.85. The van der Waals surface area contributed by atoms with Gasteiger partial charge in [0.05, 0.1) is 5.41 Å². The third kappa shape index (κ3) is 4.29. The van der Waals surface area contributed by atoms with E-state index in [9.17, 15) is 0 Å². The minimum absolute atomic E-state index is 0.141. The molecule has 0 radical (unpaired) electrons. The minimum Gasteiger partial charge on any atom is -0.455 e. The lowest BCUT2D eigenvalue weighted by Crippen LogP contribution is -2.26. The van der Waals surface area contributed by atoms with Crippen LogP contribution in [-0.4, -0.2) is 0 Å². The van der Waals surface area contributed by atoms with E-state index in [4.69, 9.17) is 4.42 Å². The predicted molar refractivity (Wildman–Crippen MR) is 260 cm³/mol. The van der Waals surface area contributed by atoms with Crippen molar-refractivity contribution in [3.05, 3.63) is 233 Å². The summed E-state index contributed by atoms with van der Waals surface area (Å²) in [5.74, 6) is 0. The first-order chi connectivity index (χ1) is 30.8. The fraction of sp³-hybridized carbons (Fsp3) is 0.115. The van der Waals surface area contributed by atoms with Gasteiger partial charge in [-0.2, -0.15) is 0 Å². The van der Waals surface area contributed by atoms with Gasteiger partial charge in [0.1, 0.15) is 11.2 Å². The van der Waals surface area contributed by atoms with Crippen molar-refractivity contribution in [3.8, 4) is 44.5 Å². The molecule has 0 fully saturated rings. The van der Waals surface area contributed by atoms with E-state index in [2.05, 4.69) is 221 Å². The van der Waals surface area contributed by atoms with Gasteiger partial charge >= 0.3 is 0 Å². The molecular weight excluding hydrogens is 763 g/mol. The molecule has 0 saturated heterocycles. The van der Waals surface area contributed by atoms with E-state index in [1.807, 2.05) is 0 Å². The molecule has 9 aromatic carbocycles. The average Bonchev–Trinajstić information content (AvgIpc) is 4.06. The summed E-state index contributed by atoms with van der Waals surface area (Å²) in [4.78, 5) is 2.53. The van der Waals surface area contributed by atoms with Gasteiger partial charge in [-0.1, -0.05) is 173 Å². The van der Waals surface area contributed by atoms with Crippen molar-refractivity contribution in [3.63, 3.8) is 0 Å². The van der Waals surface area contributed by atoms with Gasteiger partial charge in [0.25, 0.3) is 0 Å². The van der Waals surface area contributed by atoms with E-state index in [0.29, 0.717) is 0 Å². The molecular formula is C61H43NO. The quantitative estimate of drug-likeness (QED) is 0.177. The molecule has 0 N–H and O–H groups in total. The summed E-state index contributed by atoms with van der Waals surface area (Å²) in [6, 6.07) is 70.9. The van der Waals surface area contributed by atoms with Crippen LogP contribution in [0.15, 0.2) is 192 Å². The van der Waals surface area contributed by atoms with E-state index in [0.717, 1.165) is 39.0 Å². The Morgan fingerprint density at radius 1 is 0.333 bits per heavy atom. The molecule has 0 bridgehead atoms. The highest BCUT2D eigenvalue weighted by Gasteiger charge is 2.53. The second-order valence-corrected chi connectivity index (χ2v) is 19.2. The van der Waals surface area contributed by atoms with E-state index >= 15 is 0 Å². The van der Waals surface area contributed by atoms with Gasteiger partial charge in [0.15, 0.2) is 0 Å². The minimum atomic E-state index is -0.546. The van der Waals surface area contributed by atoms with Crippen LogP contribution in [0.25, 0.3) is 66.4 Å². The molecule has 63 heavy (non-hydrogen) atoms. The van der Waals surface area contributed by atoms with Crippen LogP contribution in [0.3, 0.4) is 0 Å². The van der Waals surface area contributed by atoms with Gasteiger partial charge < -0.3 is 9.32 Å². The van der Waals surface area contributed by atoms with Crippen LogP contribution >= 0.6 is 0 Å². The first kappa shape index (κ1) is 35.2. The Labute approximate surface area is 367 Å². The first-order valence-electron chi connectivity index (χ1n) is 22.3. The molecule has 4 aliphatic rings. The van der Waals surface area contributed by atoms with Gasteiger partial charge in [-0.05, 0) is 126 Å². The molecule has 2 nitrogen and oxygen atoms in total. The molecule has 0 amide bonds. The fourth-order valence-electron chi connectivity index (χ4n) is 12.6. The molecule has 1 aromatic heterocycles. The first-order valence-corrected chi connectivity index (χ1v) is 22.3. The van der Waals surface area contributed by atoms with Crippen molar-refractivity contribution in [2.75, 3.05) is 4.90 Å². The maximum Gasteiger partial charge on any atom is 0.143 e. The zero-order valence-electron chi connectivity index (χ0n) is 35.8. The lowest BCUT2D eigenvalue weighted by Gasteiger charge is -2.33. The average molecular weight is 806 g/mol. The van der Waals surface area contributed by atoms with E-state index < -0.39 is 5.41 Å². The summed E-state index contributed by atoms with van der Waals surface area (Å²) in [6.45, 7) is 9.52. The van der Waals surface area contributed by atoms with Gasteiger partial charge in [-0.3, -0.25) is 0 Å². The predicted octanol–water partition coefficient (Wildman–Crippen LogP) is 16.0. The smallest absolute Gasteiger partial charge is 0.143 e. The standard InChI is InChI=1S/C61H43NO/c1-59(2)48-20-10-5-15-39(48)42-28-25-36(33-53(42)59)62(37-26-29-43-40-16-6-11-21-49(40)60(3,4)54(43)34-37)38-27-30-44-41-17-7-12-22-50(41)61(55(44)35-38)51-23-13-8-19-47(51)57-52(61)32-31-46-45-18-9-14-24-56(45)63-58(46)57/h5-35H,1-4H3. The zero-order valence-corrected chi connectivity index (χ0v) is 35.8. The highest BCUT2D eigenvalue weighted by molar-refractivity contribution is 6.13. The van der Waals surface area contributed by atoms with Crippen molar-refractivity contribution in [1.82, 2.24) is 0 Å². The monoisotopic (exact) mass is 805 g/mol. The summed E-state index contributed by atoms with van der Waals surface area (Å²) in [6.07, 6.45) is 0. The summed E-state index contributed by atoms with van der Waals surface area (Å²) >= 11 is 0. The number of benzene rings is 9. The second-order valence-electron chi connectivity index (χ2n) is 19.2. The fourth-order valence-corrected chi connectivity index (χ4v) is 12.6. The molecule has 2 heteroatoms. The number of nitrogens with zero attached hydrogens (tertiary/aromatic N) is 1. The number of anilines is 3.